The third-order valence-corrected chi connectivity index (χ3v) is 4.74. The number of aromatic nitrogens is 4. The molecule has 2 atom stereocenters. The minimum absolute atomic E-state index is 0.180. The van der Waals surface area contributed by atoms with Crippen LogP contribution < -0.4 is 0 Å². The fraction of sp³-hybridized carbons (Fsp3) is 0.706. The van der Waals surface area contributed by atoms with Gasteiger partial charge >= 0.3 is 0 Å². The molecule has 3 rings (SSSR count). The number of ether oxygens (including phenoxy) is 2. The predicted molar refractivity (Wildman–Crippen MR) is 91.0 cm³/mol. The van der Waals surface area contributed by atoms with Crippen LogP contribution in [0.2, 0.25) is 0 Å². The van der Waals surface area contributed by atoms with E-state index in [9.17, 15) is 0 Å². The van der Waals surface area contributed by atoms with Crippen molar-refractivity contribution in [2.24, 2.45) is 5.92 Å². The van der Waals surface area contributed by atoms with Gasteiger partial charge in [0.05, 0.1) is 18.2 Å². The van der Waals surface area contributed by atoms with Gasteiger partial charge in [-0.2, -0.15) is 10.1 Å². The molecule has 0 radical (unpaired) electrons. The first kappa shape index (κ1) is 18.0. The molecule has 2 aromatic rings. The maximum atomic E-state index is 5.48. The first-order chi connectivity index (χ1) is 12.1. The minimum atomic E-state index is 0.180. The van der Waals surface area contributed by atoms with Gasteiger partial charge in [0.1, 0.15) is 6.61 Å². The van der Waals surface area contributed by atoms with Crippen molar-refractivity contribution in [1.29, 1.82) is 0 Å². The van der Waals surface area contributed by atoms with Gasteiger partial charge in [0.15, 0.2) is 5.82 Å². The molecule has 0 saturated carbocycles. The molecular formula is C17H27N5O3. The Kier molecular flexibility index (Phi) is 5.82. The summed E-state index contributed by atoms with van der Waals surface area (Å²) in [6, 6.07) is 0. The number of aryl methyl sites for hydroxylation is 2. The smallest absolute Gasteiger partial charge is 0.231 e. The van der Waals surface area contributed by atoms with Crippen LogP contribution >= 0.6 is 0 Å². The largest absolute Gasteiger partial charge is 0.384 e. The summed E-state index contributed by atoms with van der Waals surface area (Å²) in [5, 5.41) is 8.54. The Labute approximate surface area is 148 Å². The van der Waals surface area contributed by atoms with Crippen molar-refractivity contribution < 1.29 is 14.0 Å². The average Bonchev–Trinajstić information content (AvgIpc) is 3.29. The Morgan fingerprint density at radius 3 is 2.80 bits per heavy atom. The fourth-order valence-corrected chi connectivity index (χ4v) is 3.48. The van der Waals surface area contributed by atoms with Crippen molar-refractivity contribution in [2.45, 2.75) is 39.5 Å². The highest BCUT2D eigenvalue weighted by Gasteiger charge is 2.37. The maximum absolute atomic E-state index is 5.48. The molecule has 1 aliphatic heterocycles. The Hall–Kier alpha value is -1.77. The molecule has 2 aromatic heterocycles. The van der Waals surface area contributed by atoms with E-state index in [1.54, 1.807) is 14.2 Å². The molecule has 25 heavy (non-hydrogen) atoms. The van der Waals surface area contributed by atoms with Crippen molar-refractivity contribution in [1.82, 2.24) is 24.8 Å². The second kappa shape index (κ2) is 8.07. The van der Waals surface area contributed by atoms with Crippen LogP contribution in [0.1, 0.15) is 35.8 Å². The van der Waals surface area contributed by atoms with E-state index in [1.807, 2.05) is 4.68 Å². The third kappa shape index (κ3) is 4.08. The molecule has 1 saturated heterocycles. The summed E-state index contributed by atoms with van der Waals surface area (Å²) in [5.74, 6) is 1.78. The highest BCUT2D eigenvalue weighted by Crippen LogP contribution is 2.33. The molecule has 0 amide bonds. The SMILES string of the molecule is CCn1cc(CN2C[C@@H](COC)[C@H](c3nc(COC)no3)C2)c(C)n1. The Morgan fingerprint density at radius 2 is 2.12 bits per heavy atom. The maximum Gasteiger partial charge on any atom is 0.231 e. The molecule has 3 heterocycles. The minimum Gasteiger partial charge on any atom is -0.384 e. The molecule has 0 spiro atoms. The lowest BCUT2D eigenvalue weighted by molar-refractivity contribution is 0.142. The molecule has 1 fully saturated rings. The zero-order valence-electron chi connectivity index (χ0n) is 15.4. The number of likely N-dealkylation sites (tertiary alicyclic amines) is 1. The van der Waals surface area contributed by atoms with Gasteiger partial charge in [0.25, 0.3) is 0 Å². The lowest BCUT2D eigenvalue weighted by Crippen LogP contribution is -2.21. The van der Waals surface area contributed by atoms with Gasteiger partial charge in [-0.05, 0) is 13.8 Å². The second-order valence-electron chi connectivity index (χ2n) is 6.59. The summed E-state index contributed by atoms with van der Waals surface area (Å²) in [4.78, 5) is 6.90. The van der Waals surface area contributed by atoms with Gasteiger partial charge in [-0.15, -0.1) is 0 Å². The normalized spacial score (nSPS) is 21.3. The lowest BCUT2D eigenvalue weighted by Gasteiger charge is -2.14. The molecule has 0 aromatic carbocycles. The lowest BCUT2D eigenvalue weighted by atomic mass is 9.97. The van der Waals surface area contributed by atoms with Crippen LogP contribution in [-0.4, -0.2) is 58.7 Å². The molecule has 0 bridgehead atoms. The quantitative estimate of drug-likeness (QED) is 0.716. The standard InChI is InChI=1S/C17H27N5O3/c1-5-22-8-13(12(2)19-22)6-21-7-14(10-23-3)15(9-21)17-18-16(11-24-4)20-25-17/h8,14-15H,5-7,9-11H2,1-4H3/t14-,15+/m0/s1. The predicted octanol–water partition coefficient (Wildman–Crippen LogP) is 1.60. The van der Waals surface area contributed by atoms with Gasteiger partial charge in [-0.25, -0.2) is 0 Å². The Balaban J connectivity index is 1.71. The second-order valence-corrected chi connectivity index (χ2v) is 6.59. The van der Waals surface area contributed by atoms with Crippen molar-refractivity contribution in [3.63, 3.8) is 0 Å². The van der Waals surface area contributed by atoms with Gasteiger partial charge in [-0.1, -0.05) is 5.16 Å². The molecule has 0 N–H and O–H groups in total. The molecule has 1 aliphatic rings. The van der Waals surface area contributed by atoms with E-state index in [1.165, 1.54) is 5.56 Å². The van der Waals surface area contributed by atoms with E-state index in [-0.39, 0.29) is 5.92 Å². The summed E-state index contributed by atoms with van der Waals surface area (Å²) in [7, 11) is 3.36. The van der Waals surface area contributed by atoms with Crippen LogP contribution in [-0.2, 0) is 29.2 Å². The summed E-state index contributed by atoms with van der Waals surface area (Å²) < 4.78 is 18.0. The summed E-state index contributed by atoms with van der Waals surface area (Å²) in [6.07, 6.45) is 2.14. The van der Waals surface area contributed by atoms with Gasteiger partial charge in [0, 0.05) is 58.1 Å². The van der Waals surface area contributed by atoms with Crippen LogP contribution in [0.4, 0.5) is 0 Å². The molecule has 8 heteroatoms. The van der Waals surface area contributed by atoms with Crippen molar-refractivity contribution in [3.8, 4) is 0 Å². The number of methoxy groups -OCH3 is 2. The van der Waals surface area contributed by atoms with Crippen LogP contribution in [0.15, 0.2) is 10.7 Å². The average molecular weight is 349 g/mol. The number of rotatable bonds is 8. The number of hydrogen-bond acceptors (Lipinski definition) is 7. The van der Waals surface area contributed by atoms with E-state index in [4.69, 9.17) is 14.0 Å². The Morgan fingerprint density at radius 1 is 1.28 bits per heavy atom. The Bertz CT molecular complexity index is 684. The molecule has 138 valence electrons. The van der Waals surface area contributed by atoms with Crippen molar-refractivity contribution >= 4 is 0 Å². The van der Waals surface area contributed by atoms with E-state index < -0.39 is 0 Å². The summed E-state index contributed by atoms with van der Waals surface area (Å²) in [6.45, 7) is 8.79. The van der Waals surface area contributed by atoms with Crippen LogP contribution in [0.3, 0.4) is 0 Å². The van der Waals surface area contributed by atoms with E-state index in [0.717, 1.165) is 31.9 Å². The first-order valence-electron chi connectivity index (χ1n) is 8.70. The molecule has 8 nitrogen and oxygen atoms in total. The topological polar surface area (TPSA) is 78.4 Å². The van der Waals surface area contributed by atoms with E-state index >= 15 is 0 Å². The highest BCUT2D eigenvalue weighted by atomic mass is 16.5. The zero-order chi connectivity index (χ0) is 17.8. The summed E-state index contributed by atoms with van der Waals surface area (Å²) >= 11 is 0. The number of nitrogens with zero attached hydrogens (tertiary/aromatic N) is 5. The monoisotopic (exact) mass is 349 g/mol. The van der Waals surface area contributed by atoms with Crippen LogP contribution in [0, 0.1) is 12.8 Å². The highest BCUT2D eigenvalue weighted by molar-refractivity contribution is 5.16. The van der Waals surface area contributed by atoms with Gasteiger partial charge < -0.3 is 14.0 Å². The van der Waals surface area contributed by atoms with Gasteiger partial charge in [0.2, 0.25) is 5.89 Å². The van der Waals surface area contributed by atoms with Crippen LogP contribution in [0.25, 0.3) is 0 Å². The van der Waals surface area contributed by atoms with Crippen molar-refractivity contribution in [3.05, 3.63) is 29.2 Å². The molecule has 0 unspecified atom stereocenters. The zero-order valence-corrected chi connectivity index (χ0v) is 15.4. The third-order valence-electron chi connectivity index (χ3n) is 4.74. The van der Waals surface area contributed by atoms with Crippen molar-refractivity contribution in [2.75, 3.05) is 33.9 Å². The number of hydrogen-bond donors (Lipinski definition) is 0. The van der Waals surface area contributed by atoms with Gasteiger partial charge in [-0.3, -0.25) is 9.58 Å². The fourth-order valence-electron chi connectivity index (χ4n) is 3.48. The first-order valence-corrected chi connectivity index (χ1v) is 8.70. The van der Waals surface area contributed by atoms with E-state index in [0.29, 0.717) is 30.8 Å². The summed E-state index contributed by atoms with van der Waals surface area (Å²) in [5.41, 5.74) is 2.36. The molecular weight excluding hydrogens is 322 g/mol. The molecule has 0 aliphatic carbocycles. The van der Waals surface area contributed by atoms with E-state index in [2.05, 4.69) is 40.2 Å². The van der Waals surface area contributed by atoms with Crippen LogP contribution in [0.5, 0.6) is 0 Å².